The molecule has 1 aliphatic heterocycles. The lowest BCUT2D eigenvalue weighted by Crippen LogP contribution is -2.41. The lowest BCUT2D eigenvalue weighted by Gasteiger charge is -2.31. The third-order valence-corrected chi connectivity index (χ3v) is 6.02. The first-order chi connectivity index (χ1) is 13.7. The number of thiophene rings is 1. The lowest BCUT2D eigenvalue weighted by molar-refractivity contribution is -0.130. The van der Waals surface area contributed by atoms with E-state index in [4.69, 9.17) is 4.99 Å². The standard InChI is InChI=1S/C21H37N5OS/c1-4-22-21(23-12-11-20(27)26(5-2)6-3)24-15-18-9-7-13-25(16-18)17-19-10-8-14-28-19/h8,10,14,18H,4-7,9,11-13,15-17H2,1-3H3,(H2,22,23,24). The second-order valence-corrected chi connectivity index (χ2v) is 8.32. The Balaban J connectivity index is 1.78. The minimum atomic E-state index is 0.199. The molecule has 2 N–H and O–H groups in total. The zero-order valence-corrected chi connectivity index (χ0v) is 18.6. The van der Waals surface area contributed by atoms with Crippen molar-refractivity contribution < 1.29 is 4.79 Å². The van der Waals surface area contributed by atoms with Crippen molar-refractivity contribution in [2.75, 3.05) is 45.8 Å². The van der Waals surface area contributed by atoms with Crippen LogP contribution in [0.2, 0.25) is 0 Å². The van der Waals surface area contributed by atoms with Gasteiger partial charge in [-0.3, -0.25) is 14.7 Å². The average Bonchev–Trinajstić information content (AvgIpc) is 3.20. The van der Waals surface area contributed by atoms with Crippen LogP contribution < -0.4 is 10.6 Å². The van der Waals surface area contributed by atoms with Crippen LogP contribution in [-0.4, -0.2) is 67.5 Å². The quantitative estimate of drug-likeness (QED) is 0.462. The van der Waals surface area contributed by atoms with Crippen LogP contribution in [0, 0.1) is 5.92 Å². The number of aliphatic imine (C=N–C) groups is 1. The summed E-state index contributed by atoms with van der Waals surface area (Å²) in [6.07, 6.45) is 2.99. The highest BCUT2D eigenvalue weighted by molar-refractivity contribution is 7.09. The molecule has 1 aromatic rings. The van der Waals surface area contributed by atoms with E-state index in [1.807, 2.05) is 30.1 Å². The zero-order chi connectivity index (χ0) is 20.2. The topological polar surface area (TPSA) is 60.0 Å². The monoisotopic (exact) mass is 407 g/mol. The van der Waals surface area contributed by atoms with Gasteiger partial charge in [0.2, 0.25) is 5.91 Å². The maximum Gasteiger partial charge on any atom is 0.224 e. The van der Waals surface area contributed by atoms with E-state index in [2.05, 4.69) is 40.0 Å². The molecule has 2 rings (SSSR count). The van der Waals surface area contributed by atoms with Crippen LogP contribution in [0.25, 0.3) is 0 Å². The van der Waals surface area contributed by atoms with Crippen LogP contribution in [0.3, 0.4) is 0 Å². The van der Waals surface area contributed by atoms with E-state index in [0.29, 0.717) is 18.9 Å². The van der Waals surface area contributed by atoms with E-state index in [9.17, 15) is 4.79 Å². The van der Waals surface area contributed by atoms with E-state index in [-0.39, 0.29) is 5.91 Å². The average molecular weight is 408 g/mol. The number of likely N-dealkylation sites (tertiary alicyclic amines) is 1. The molecule has 0 aliphatic carbocycles. The maximum absolute atomic E-state index is 12.1. The molecule has 1 aromatic heterocycles. The van der Waals surface area contributed by atoms with E-state index in [1.54, 1.807) is 0 Å². The highest BCUT2D eigenvalue weighted by Gasteiger charge is 2.20. The summed E-state index contributed by atoms with van der Waals surface area (Å²) in [6, 6.07) is 4.35. The SMILES string of the molecule is CCNC(=NCC1CCCN(Cc2cccs2)C1)NCCC(=O)N(CC)CC. The summed E-state index contributed by atoms with van der Waals surface area (Å²) < 4.78 is 0. The van der Waals surface area contributed by atoms with Gasteiger partial charge in [-0.1, -0.05) is 6.07 Å². The van der Waals surface area contributed by atoms with Crippen LogP contribution in [0.5, 0.6) is 0 Å². The Bertz CT molecular complexity index is 586. The van der Waals surface area contributed by atoms with Crippen molar-refractivity contribution in [3.8, 4) is 0 Å². The number of amides is 1. The molecule has 0 aromatic carbocycles. The molecule has 1 amide bonds. The van der Waals surface area contributed by atoms with Crippen molar-refractivity contribution >= 4 is 23.2 Å². The van der Waals surface area contributed by atoms with Gasteiger partial charge in [0.05, 0.1) is 0 Å². The van der Waals surface area contributed by atoms with Gasteiger partial charge in [-0.2, -0.15) is 0 Å². The molecule has 0 bridgehead atoms. The maximum atomic E-state index is 12.1. The number of carbonyl (C=O) groups excluding carboxylic acids is 1. The van der Waals surface area contributed by atoms with Crippen molar-refractivity contribution in [1.29, 1.82) is 0 Å². The largest absolute Gasteiger partial charge is 0.357 e. The van der Waals surface area contributed by atoms with Gasteiger partial charge < -0.3 is 15.5 Å². The number of guanidine groups is 1. The van der Waals surface area contributed by atoms with Gasteiger partial charge in [0.25, 0.3) is 0 Å². The minimum Gasteiger partial charge on any atom is -0.357 e. The Hall–Kier alpha value is -1.60. The van der Waals surface area contributed by atoms with Gasteiger partial charge >= 0.3 is 0 Å². The first-order valence-electron chi connectivity index (χ1n) is 10.7. The summed E-state index contributed by atoms with van der Waals surface area (Å²) in [4.78, 5) is 22.8. The molecule has 2 heterocycles. The van der Waals surface area contributed by atoms with Gasteiger partial charge in [-0.05, 0) is 57.5 Å². The molecular formula is C21H37N5OS. The fourth-order valence-electron chi connectivity index (χ4n) is 3.65. The molecule has 158 valence electrons. The van der Waals surface area contributed by atoms with Crippen molar-refractivity contribution in [3.05, 3.63) is 22.4 Å². The molecule has 1 fully saturated rings. The predicted molar refractivity (Wildman–Crippen MR) is 119 cm³/mol. The Morgan fingerprint density at radius 2 is 2.14 bits per heavy atom. The first-order valence-corrected chi connectivity index (χ1v) is 11.6. The zero-order valence-electron chi connectivity index (χ0n) is 17.7. The number of piperidine rings is 1. The molecule has 6 nitrogen and oxygen atoms in total. The molecule has 7 heteroatoms. The van der Waals surface area contributed by atoms with E-state index in [0.717, 1.165) is 45.2 Å². The fourth-order valence-corrected chi connectivity index (χ4v) is 4.40. The van der Waals surface area contributed by atoms with Gasteiger partial charge in [-0.15, -0.1) is 11.3 Å². The summed E-state index contributed by atoms with van der Waals surface area (Å²) in [6.45, 7) is 13.3. The third kappa shape index (κ3) is 7.80. The number of carbonyl (C=O) groups is 1. The molecule has 28 heavy (non-hydrogen) atoms. The van der Waals surface area contributed by atoms with E-state index < -0.39 is 0 Å². The van der Waals surface area contributed by atoms with Crippen molar-refractivity contribution in [2.45, 2.75) is 46.6 Å². The molecule has 1 saturated heterocycles. The van der Waals surface area contributed by atoms with E-state index in [1.165, 1.54) is 24.3 Å². The molecule has 1 atom stereocenters. The van der Waals surface area contributed by atoms with Crippen molar-refractivity contribution in [1.82, 2.24) is 20.4 Å². The lowest BCUT2D eigenvalue weighted by atomic mass is 9.98. The normalized spacial score (nSPS) is 18.1. The van der Waals surface area contributed by atoms with Gasteiger partial charge in [-0.25, -0.2) is 0 Å². The second-order valence-electron chi connectivity index (χ2n) is 7.29. The summed E-state index contributed by atoms with van der Waals surface area (Å²) in [5.74, 6) is 1.62. The molecular weight excluding hydrogens is 370 g/mol. The molecule has 0 saturated carbocycles. The summed E-state index contributed by atoms with van der Waals surface area (Å²) in [5, 5.41) is 8.78. The third-order valence-electron chi connectivity index (χ3n) is 5.16. The van der Waals surface area contributed by atoms with Gasteiger partial charge in [0.15, 0.2) is 5.96 Å². The summed E-state index contributed by atoms with van der Waals surface area (Å²) in [5.41, 5.74) is 0. The number of hydrogen-bond donors (Lipinski definition) is 2. The highest BCUT2D eigenvalue weighted by Crippen LogP contribution is 2.20. The van der Waals surface area contributed by atoms with Crippen LogP contribution in [0.15, 0.2) is 22.5 Å². The Kier molecular flexibility index (Phi) is 10.4. The van der Waals surface area contributed by atoms with Crippen LogP contribution in [0.1, 0.15) is 44.9 Å². The number of rotatable bonds is 10. The van der Waals surface area contributed by atoms with Gasteiger partial charge in [0.1, 0.15) is 0 Å². The highest BCUT2D eigenvalue weighted by atomic mass is 32.1. The molecule has 0 spiro atoms. The van der Waals surface area contributed by atoms with Crippen molar-refractivity contribution in [2.24, 2.45) is 10.9 Å². The van der Waals surface area contributed by atoms with Crippen LogP contribution in [-0.2, 0) is 11.3 Å². The Labute approximate surface area is 174 Å². The Morgan fingerprint density at radius 1 is 1.32 bits per heavy atom. The second kappa shape index (κ2) is 12.8. The number of nitrogens with one attached hydrogen (secondary N) is 2. The predicted octanol–water partition coefficient (Wildman–Crippen LogP) is 2.77. The van der Waals surface area contributed by atoms with E-state index >= 15 is 0 Å². The summed E-state index contributed by atoms with van der Waals surface area (Å²) in [7, 11) is 0. The fraction of sp³-hybridized carbons (Fsp3) is 0.714. The van der Waals surface area contributed by atoms with Crippen LogP contribution >= 0.6 is 11.3 Å². The van der Waals surface area contributed by atoms with Crippen molar-refractivity contribution in [3.63, 3.8) is 0 Å². The number of hydrogen-bond acceptors (Lipinski definition) is 4. The number of nitrogens with zero attached hydrogens (tertiary/aromatic N) is 3. The first kappa shape index (κ1) is 22.7. The molecule has 1 unspecified atom stereocenters. The molecule has 1 aliphatic rings. The smallest absolute Gasteiger partial charge is 0.224 e. The van der Waals surface area contributed by atoms with Crippen LogP contribution in [0.4, 0.5) is 0 Å². The summed E-state index contributed by atoms with van der Waals surface area (Å²) >= 11 is 1.84. The minimum absolute atomic E-state index is 0.199. The molecule has 0 radical (unpaired) electrons. The van der Waals surface area contributed by atoms with Gasteiger partial charge in [0, 0.05) is 57.1 Å². The Morgan fingerprint density at radius 3 is 2.82 bits per heavy atom.